The van der Waals surface area contributed by atoms with E-state index in [1.54, 1.807) is 6.07 Å². The Morgan fingerprint density at radius 1 is 1.55 bits per heavy atom. The third-order valence-electron chi connectivity index (χ3n) is 3.07. The molecule has 0 aromatic heterocycles. The van der Waals surface area contributed by atoms with Gasteiger partial charge in [-0.15, -0.1) is 0 Å². The van der Waals surface area contributed by atoms with Crippen LogP contribution in [0.15, 0.2) is 22.7 Å². The molecule has 1 fully saturated rings. The molecule has 0 aliphatic carbocycles. The molecule has 1 aliphatic heterocycles. The molecule has 1 saturated heterocycles. The lowest BCUT2D eigenvalue weighted by molar-refractivity contribution is -0.149. The average molecular weight is 343 g/mol. The Morgan fingerprint density at radius 3 is 2.85 bits per heavy atom. The van der Waals surface area contributed by atoms with Crippen molar-refractivity contribution < 1.29 is 18.6 Å². The van der Waals surface area contributed by atoms with E-state index in [0.29, 0.717) is 29.6 Å². The van der Waals surface area contributed by atoms with Crippen LogP contribution >= 0.6 is 15.9 Å². The number of hydrogen-bond donors (Lipinski definition) is 0. The molecule has 1 aromatic carbocycles. The van der Waals surface area contributed by atoms with Gasteiger partial charge in [0.1, 0.15) is 23.8 Å². The second-order valence-electron chi connectivity index (χ2n) is 5.18. The molecule has 2 radical (unpaired) electrons. The second-order valence-corrected chi connectivity index (χ2v) is 6.03. The standard InChI is InChI=1S/C14H17BBrFO3/c1-14(2)18-8-13(20-14)12(5-6-15)19-11-4-3-9(17)7-10(11)16/h3-4,7,12-13H,5-6,8H2,1-2H3/t12?,13-/m1/s1. The minimum absolute atomic E-state index is 0.189. The van der Waals surface area contributed by atoms with Gasteiger partial charge >= 0.3 is 0 Å². The quantitative estimate of drug-likeness (QED) is 0.767. The van der Waals surface area contributed by atoms with Gasteiger partial charge in [-0.3, -0.25) is 0 Å². The summed E-state index contributed by atoms with van der Waals surface area (Å²) in [6.07, 6.45) is 0.687. The molecule has 0 amide bonds. The molecule has 1 heterocycles. The molecule has 1 aliphatic rings. The third kappa shape index (κ3) is 3.96. The van der Waals surface area contributed by atoms with Crippen molar-refractivity contribution >= 4 is 23.8 Å². The highest BCUT2D eigenvalue weighted by molar-refractivity contribution is 9.10. The summed E-state index contributed by atoms with van der Waals surface area (Å²) in [7, 11) is 5.63. The van der Waals surface area contributed by atoms with Crippen LogP contribution in [0.3, 0.4) is 0 Å². The molecule has 2 atom stereocenters. The SMILES string of the molecule is [B]CCC(Oc1ccc(F)cc1Br)[C@H]1COC(C)(C)O1. The summed E-state index contributed by atoms with van der Waals surface area (Å²) < 4.78 is 30.9. The van der Waals surface area contributed by atoms with E-state index in [1.165, 1.54) is 12.1 Å². The van der Waals surface area contributed by atoms with E-state index < -0.39 is 5.79 Å². The summed E-state index contributed by atoms with van der Waals surface area (Å²) in [5, 5.41) is 0. The highest BCUT2D eigenvalue weighted by Crippen LogP contribution is 2.31. The molecular weight excluding hydrogens is 326 g/mol. The first-order valence-electron chi connectivity index (χ1n) is 6.55. The molecule has 1 aromatic rings. The normalized spacial score (nSPS) is 22.7. The summed E-state index contributed by atoms with van der Waals surface area (Å²) >= 11 is 3.29. The summed E-state index contributed by atoms with van der Waals surface area (Å²) in [4.78, 5) is 0. The van der Waals surface area contributed by atoms with Crippen LogP contribution in [-0.4, -0.2) is 32.4 Å². The van der Waals surface area contributed by atoms with Crippen LogP contribution in [0.4, 0.5) is 4.39 Å². The lowest BCUT2D eigenvalue weighted by atomic mass is 9.96. The summed E-state index contributed by atoms with van der Waals surface area (Å²) in [5.74, 6) is -0.361. The van der Waals surface area contributed by atoms with Crippen molar-refractivity contribution in [1.82, 2.24) is 0 Å². The van der Waals surface area contributed by atoms with E-state index >= 15 is 0 Å². The number of hydrogen-bond acceptors (Lipinski definition) is 3. The topological polar surface area (TPSA) is 27.7 Å². The Balaban J connectivity index is 2.09. The molecule has 20 heavy (non-hydrogen) atoms. The van der Waals surface area contributed by atoms with Crippen LogP contribution < -0.4 is 4.74 Å². The fraction of sp³-hybridized carbons (Fsp3) is 0.571. The Bertz CT molecular complexity index is 470. The van der Waals surface area contributed by atoms with Crippen molar-refractivity contribution in [3.63, 3.8) is 0 Å². The Morgan fingerprint density at radius 2 is 2.30 bits per heavy atom. The lowest BCUT2D eigenvalue weighted by Crippen LogP contribution is -2.35. The maximum Gasteiger partial charge on any atom is 0.163 e. The fourth-order valence-corrected chi connectivity index (χ4v) is 2.56. The molecule has 3 nitrogen and oxygen atoms in total. The Kier molecular flexibility index (Phi) is 5.10. The minimum Gasteiger partial charge on any atom is -0.486 e. The predicted molar refractivity (Wildman–Crippen MR) is 78.6 cm³/mol. The van der Waals surface area contributed by atoms with Gasteiger partial charge in [-0.1, -0.05) is 6.32 Å². The van der Waals surface area contributed by atoms with Crippen LogP contribution in [0.1, 0.15) is 20.3 Å². The molecule has 0 spiro atoms. The van der Waals surface area contributed by atoms with Gasteiger partial charge in [0.05, 0.1) is 18.9 Å². The fourth-order valence-electron chi connectivity index (χ4n) is 2.12. The van der Waals surface area contributed by atoms with Gasteiger partial charge in [0.25, 0.3) is 0 Å². The zero-order chi connectivity index (χ0) is 14.8. The summed E-state index contributed by atoms with van der Waals surface area (Å²) in [6, 6.07) is 4.31. The van der Waals surface area contributed by atoms with E-state index in [2.05, 4.69) is 15.9 Å². The molecule has 0 bridgehead atoms. The van der Waals surface area contributed by atoms with E-state index in [-0.39, 0.29) is 18.0 Å². The maximum atomic E-state index is 13.1. The van der Waals surface area contributed by atoms with Crippen LogP contribution in [0, 0.1) is 5.82 Å². The first kappa shape index (κ1) is 15.8. The van der Waals surface area contributed by atoms with Crippen molar-refractivity contribution in [2.24, 2.45) is 0 Å². The van der Waals surface area contributed by atoms with Gasteiger partial charge in [0, 0.05) is 0 Å². The highest BCUT2D eigenvalue weighted by Gasteiger charge is 2.38. The smallest absolute Gasteiger partial charge is 0.163 e. The first-order valence-corrected chi connectivity index (χ1v) is 7.34. The molecule has 1 unspecified atom stereocenters. The second kappa shape index (κ2) is 6.45. The van der Waals surface area contributed by atoms with Crippen LogP contribution in [0.25, 0.3) is 0 Å². The Hall–Kier alpha value is -0.585. The summed E-state index contributed by atoms with van der Waals surface area (Å²) in [6.45, 7) is 4.18. The van der Waals surface area contributed by atoms with Gasteiger partial charge in [0.15, 0.2) is 5.79 Å². The van der Waals surface area contributed by atoms with Gasteiger partial charge in [0.2, 0.25) is 0 Å². The molecule has 6 heteroatoms. The number of halogens is 2. The van der Waals surface area contributed by atoms with Crippen LogP contribution in [0.2, 0.25) is 6.32 Å². The summed E-state index contributed by atoms with van der Waals surface area (Å²) in [5.41, 5.74) is 0. The first-order chi connectivity index (χ1) is 9.41. The molecule has 108 valence electrons. The van der Waals surface area contributed by atoms with Gasteiger partial charge in [-0.05, 0) is 54.4 Å². The van der Waals surface area contributed by atoms with E-state index in [4.69, 9.17) is 22.1 Å². The molecule has 0 N–H and O–H groups in total. The zero-order valence-electron chi connectivity index (χ0n) is 11.6. The maximum absolute atomic E-state index is 13.1. The molecule has 0 saturated carbocycles. The van der Waals surface area contributed by atoms with E-state index in [9.17, 15) is 4.39 Å². The van der Waals surface area contributed by atoms with E-state index in [0.717, 1.165) is 0 Å². The van der Waals surface area contributed by atoms with Crippen molar-refractivity contribution in [2.75, 3.05) is 6.61 Å². The van der Waals surface area contributed by atoms with E-state index in [1.807, 2.05) is 13.8 Å². The minimum atomic E-state index is -0.610. The number of benzene rings is 1. The van der Waals surface area contributed by atoms with Crippen molar-refractivity contribution in [2.45, 2.75) is 44.6 Å². The van der Waals surface area contributed by atoms with Gasteiger partial charge < -0.3 is 14.2 Å². The predicted octanol–water partition coefficient (Wildman–Crippen LogP) is 3.46. The van der Waals surface area contributed by atoms with Crippen LogP contribution in [-0.2, 0) is 9.47 Å². The number of rotatable bonds is 5. The lowest BCUT2D eigenvalue weighted by Gasteiger charge is -2.25. The third-order valence-corrected chi connectivity index (χ3v) is 3.69. The van der Waals surface area contributed by atoms with Crippen molar-refractivity contribution in [3.8, 4) is 5.75 Å². The zero-order valence-corrected chi connectivity index (χ0v) is 13.2. The van der Waals surface area contributed by atoms with Gasteiger partial charge in [-0.2, -0.15) is 0 Å². The molecular formula is C14H17BBrFO3. The molecule has 2 rings (SSSR count). The monoisotopic (exact) mass is 342 g/mol. The van der Waals surface area contributed by atoms with Crippen LogP contribution in [0.5, 0.6) is 5.75 Å². The van der Waals surface area contributed by atoms with Crippen molar-refractivity contribution in [1.29, 1.82) is 0 Å². The number of ether oxygens (including phenoxy) is 3. The largest absolute Gasteiger partial charge is 0.486 e. The van der Waals surface area contributed by atoms with Crippen molar-refractivity contribution in [3.05, 3.63) is 28.5 Å². The Labute approximate surface area is 128 Å². The average Bonchev–Trinajstić information content (AvgIpc) is 2.72. The van der Waals surface area contributed by atoms with Gasteiger partial charge in [-0.25, -0.2) is 4.39 Å². The highest BCUT2D eigenvalue weighted by atomic mass is 79.9.